The predicted molar refractivity (Wildman–Crippen MR) is 72.8 cm³/mol. The molecule has 5 nitrogen and oxygen atoms in total. The molecular weight excluding hydrogens is 286 g/mol. The lowest BCUT2D eigenvalue weighted by Crippen LogP contribution is -2.49. The molecule has 7 heteroatoms. The number of carbonyl (C=O) groups is 1. The van der Waals surface area contributed by atoms with Gasteiger partial charge in [0, 0.05) is 11.4 Å². The van der Waals surface area contributed by atoms with Gasteiger partial charge in [-0.05, 0) is 37.8 Å². The molecule has 0 aromatic carbocycles. The molecule has 1 N–H and O–H groups in total. The molecule has 1 fully saturated rings. The Kier molecular flexibility index (Phi) is 3.98. The first-order valence-corrected chi connectivity index (χ1v) is 8.39. The maximum absolute atomic E-state index is 12.5. The van der Waals surface area contributed by atoms with Crippen LogP contribution in [0.15, 0.2) is 16.3 Å². The minimum absolute atomic E-state index is 0.228. The second kappa shape index (κ2) is 5.22. The van der Waals surface area contributed by atoms with Crippen molar-refractivity contribution < 1.29 is 18.3 Å². The summed E-state index contributed by atoms with van der Waals surface area (Å²) >= 11 is 1.18. The van der Waals surface area contributed by atoms with Crippen molar-refractivity contribution in [1.82, 2.24) is 4.31 Å². The Hall–Kier alpha value is -0.920. The molecule has 2 rings (SSSR count). The smallest absolute Gasteiger partial charge is 0.322 e. The lowest BCUT2D eigenvalue weighted by molar-refractivity contribution is -0.142. The van der Waals surface area contributed by atoms with E-state index in [-0.39, 0.29) is 16.7 Å². The highest BCUT2D eigenvalue weighted by Gasteiger charge is 2.40. The predicted octanol–water partition coefficient (Wildman–Crippen LogP) is 1.93. The van der Waals surface area contributed by atoms with Gasteiger partial charge in [-0.1, -0.05) is 6.92 Å². The average Bonchev–Trinajstić information content (AvgIpc) is 2.76. The second-order valence-corrected chi connectivity index (χ2v) is 8.37. The molecule has 1 aliphatic rings. The van der Waals surface area contributed by atoms with Crippen molar-refractivity contribution in [1.29, 1.82) is 0 Å². The van der Waals surface area contributed by atoms with E-state index in [0.29, 0.717) is 12.8 Å². The molecule has 0 spiro atoms. The van der Waals surface area contributed by atoms with E-state index in [9.17, 15) is 18.3 Å². The molecule has 0 aliphatic carbocycles. The summed E-state index contributed by atoms with van der Waals surface area (Å²) in [7, 11) is -3.69. The van der Waals surface area contributed by atoms with Crippen LogP contribution in [0.25, 0.3) is 0 Å². The molecule has 0 amide bonds. The van der Waals surface area contributed by atoms with Gasteiger partial charge < -0.3 is 5.11 Å². The van der Waals surface area contributed by atoms with Crippen LogP contribution in [0.1, 0.15) is 24.6 Å². The van der Waals surface area contributed by atoms with Gasteiger partial charge in [0.1, 0.15) is 10.3 Å². The highest BCUT2D eigenvalue weighted by Crippen LogP contribution is 2.31. The third kappa shape index (κ3) is 2.82. The van der Waals surface area contributed by atoms with Gasteiger partial charge in [0.15, 0.2) is 0 Å². The van der Waals surface area contributed by atoms with Crippen molar-refractivity contribution in [3.8, 4) is 0 Å². The quantitative estimate of drug-likeness (QED) is 0.926. The molecular formula is C12H17NO4S2. The van der Waals surface area contributed by atoms with Crippen molar-refractivity contribution in [2.45, 2.75) is 36.9 Å². The number of piperidine rings is 1. The summed E-state index contributed by atoms with van der Waals surface area (Å²) in [6.07, 6.45) is 1.08. The summed E-state index contributed by atoms with van der Waals surface area (Å²) in [6, 6.07) is 2.34. The molecule has 106 valence electrons. The fraction of sp³-hybridized carbons (Fsp3) is 0.583. The van der Waals surface area contributed by atoms with Gasteiger partial charge in [0.2, 0.25) is 0 Å². The molecule has 2 heterocycles. The van der Waals surface area contributed by atoms with E-state index < -0.39 is 22.0 Å². The Morgan fingerprint density at radius 2 is 2.16 bits per heavy atom. The van der Waals surface area contributed by atoms with Crippen molar-refractivity contribution in [3.63, 3.8) is 0 Å². The van der Waals surface area contributed by atoms with Crippen molar-refractivity contribution in [2.75, 3.05) is 6.54 Å². The number of carboxylic acids is 1. The maximum atomic E-state index is 12.5. The number of hydrogen-bond donors (Lipinski definition) is 1. The number of thiophene rings is 1. The summed E-state index contributed by atoms with van der Waals surface area (Å²) in [6.45, 7) is 4.06. The van der Waals surface area contributed by atoms with E-state index in [2.05, 4.69) is 0 Å². The Labute approximate surface area is 116 Å². The number of sulfonamides is 1. The fourth-order valence-electron chi connectivity index (χ4n) is 2.30. The summed E-state index contributed by atoms with van der Waals surface area (Å²) in [5, 5.41) is 9.24. The first-order chi connectivity index (χ1) is 8.82. The molecule has 0 saturated carbocycles. The van der Waals surface area contributed by atoms with Crippen LogP contribution in [-0.4, -0.2) is 36.4 Å². The number of nitrogens with zero attached hydrogens (tertiary/aromatic N) is 1. The third-order valence-corrected chi connectivity index (χ3v) is 6.76. The number of aliphatic carboxylic acids is 1. The van der Waals surface area contributed by atoms with E-state index in [0.717, 1.165) is 9.18 Å². The van der Waals surface area contributed by atoms with Crippen LogP contribution in [0.4, 0.5) is 0 Å². The topological polar surface area (TPSA) is 74.7 Å². The van der Waals surface area contributed by atoms with Crippen LogP contribution in [0.2, 0.25) is 0 Å². The van der Waals surface area contributed by atoms with E-state index in [4.69, 9.17) is 0 Å². The van der Waals surface area contributed by atoms with E-state index >= 15 is 0 Å². The van der Waals surface area contributed by atoms with Crippen LogP contribution >= 0.6 is 11.3 Å². The summed E-state index contributed by atoms with van der Waals surface area (Å²) < 4.78 is 26.4. The summed E-state index contributed by atoms with van der Waals surface area (Å²) in [5.41, 5.74) is 0. The molecule has 1 aromatic rings. The summed E-state index contributed by atoms with van der Waals surface area (Å²) in [5.74, 6) is -0.832. The van der Waals surface area contributed by atoms with Crippen LogP contribution in [0.3, 0.4) is 0 Å². The minimum Gasteiger partial charge on any atom is -0.480 e. The minimum atomic E-state index is -3.69. The molecule has 19 heavy (non-hydrogen) atoms. The van der Waals surface area contributed by atoms with E-state index in [1.807, 2.05) is 13.8 Å². The normalized spacial score (nSPS) is 25.4. The standard InChI is InChI=1S/C12H17NO4S2/c1-8-5-6-13(10(7-8)12(14)15)19(16,17)11-4-3-9(2)18-11/h3-4,8,10H,5-7H2,1-2H3,(H,14,15). The molecule has 2 atom stereocenters. The zero-order chi connectivity index (χ0) is 14.2. The molecule has 1 aromatic heterocycles. The third-order valence-electron chi connectivity index (χ3n) is 3.38. The molecule has 0 bridgehead atoms. The number of aryl methyl sites for hydroxylation is 1. The largest absolute Gasteiger partial charge is 0.480 e. The van der Waals surface area contributed by atoms with Crippen LogP contribution in [-0.2, 0) is 14.8 Å². The second-order valence-electron chi connectivity index (χ2n) is 4.96. The first kappa shape index (κ1) is 14.5. The lowest BCUT2D eigenvalue weighted by atomic mass is 9.94. The molecule has 0 radical (unpaired) electrons. The van der Waals surface area contributed by atoms with Gasteiger partial charge in [-0.3, -0.25) is 4.79 Å². The molecule has 2 unspecified atom stereocenters. The van der Waals surface area contributed by atoms with Gasteiger partial charge in [-0.15, -0.1) is 11.3 Å². The Balaban J connectivity index is 2.35. The van der Waals surface area contributed by atoms with Gasteiger partial charge in [0.05, 0.1) is 0 Å². The molecule has 1 aliphatic heterocycles. The van der Waals surface area contributed by atoms with Crippen molar-refractivity contribution >= 4 is 27.3 Å². The maximum Gasteiger partial charge on any atom is 0.322 e. The average molecular weight is 303 g/mol. The number of hydrogen-bond acceptors (Lipinski definition) is 4. The lowest BCUT2D eigenvalue weighted by Gasteiger charge is -2.34. The summed E-state index contributed by atoms with van der Waals surface area (Å²) in [4.78, 5) is 12.2. The van der Waals surface area contributed by atoms with Crippen LogP contribution < -0.4 is 0 Å². The zero-order valence-electron chi connectivity index (χ0n) is 10.9. The number of carboxylic acid groups (broad SMARTS) is 1. The van der Waals surface area contributed by atoms with Gasteiger partial charge in [0.25, 0.3) is 10.0 Å². The van der Waals surface area contributed by atoms with Crippen molar-refractivity contribution in [2.24, 2.45) is 5.92 Å². The van der Waals surface area contributed by atoms with Gasteiger partial charge >= 0.3 is 5.97 Å². The van der Waals surface area contributed by atoms with E-state index in [1.165, 1.54) is 11.3 Å². The fourth-order valence-corrected chi connectivity index (χ4v) is 5.32. The number of rotatable bonds is 3. The first-order valence-electron chi connectivity index (χ1n) is 6.13. The SMILES string of the molecule is Cc1ccc(S(=O)(=O)N2CCC(C)CC2C(=O)O)s1. The monoisotopic (exact) mass is 303 g/mol. The zero-order valence-corrected chi connectivity index (χ0v) is 12.5. The van der Waals surface area contributed by atoms with E-state index in [1.54, 1.807) is 12.1 Å². The van der Waals surface area contributed by atoms with Crippen molar-refractivity contribution in [3.05, 3.63) is 17.0 Å². The highest BCUT2D eigenvalue weighted by atomic mass is 32.2. The van der Waals surface area contributed by atoms with Crippen LogP contribution in [0, 0.1) is 12.8 Å². The molecule has 1 saturated heterocycles. The highest BCUT2D eigenvalue weighted by molar-refractivity contribution is 7.91. The van der Waals surface area contributed by atoms with Crippen LogP contribution in [0.5, 0.6) is 0 Å². The Morgan fingerprint density at radius 1 is 1.47 bits per heavy atom. The Morgan fingerprint density at radius 3 is 2.68 bits per heavy atom. The van der Waals surface area contributed by atoms with Gasteiger partial charge in [-0.2, -0.15) is 4.31 Å². The Bertz CT molecular complexity index is 578. The van der Waals surface area contributed by atoms with Gasteiger partial charge in [-0.25, -0.2) is 8.42 Å².